The molecule has 198 valence electrons. The Bertz CT molecular complexity index is 1080. The maximum atomic E-state index is 11.9. The molecule has 0 heterocycles. The van der Waals surface area contributed by atoms with E-state index in [2.05, 4.69) is 6.92 Å². The van der Waals surface area contributed by atoms with E-state index in [0.29, 0.717) is 12.5 Å². The van der Waals surface area contributed by atoms with Crippen LogP contribution in [0.1, 0.15) is 102 Å². The molecule has 0 atom stereocenters. The molecule has 0 saturated carbocycles. The summed E-state index contributed by atoms with van der Waals surface area (Å²) in [4.78, 5) is -4.08. The molecule has 3 N–H and O–H groups in total. The highest BCUT2D eigenvalue weighted by atomic mass is 32.2. The monoisotopic (exact) mass is 542 g/mol. The van der Waals surface area contributed by atoms with Gasteiger partial charge in [0.25, 0.3) is 30.4 Å². The first-order valence-electron chi connectivity index (χ1n) is 11.9. The van der Waals surface area contributed by atoms with Gasteiger partial charge in [0, 0.05) is 0 Å². The Morgan fingerprint density at radius 2 is 0.912 bits per heavy atom. The van der Waals surface area contributed by atoms with Crippen LogP contribution in [0.15, 0.2) is 26.8 Å². The van der Waals surface area contributed by atoms with Crippen molar-refractivity contribution in [3.63, 3.8) is 0 Å². The third kappa shape index (κ3) is 11.1. The van der Waals surface area contributed by atoms with E-state index in [0.717, 1.165) is 38.2 Å². The minimum absolute atomic E-state index is 0.0431. The van der Waals surface area contributed by atoms with E-state index in [1.54, 1.807) is 0 Å². The van der Waals surface area contributed by atoms with Gasteiger partial charge in [0.2, 0.25) is 0 Å². The lowest BCUT2D eigenvalue weighted by molar-refractivity contribution is 0.454. The first kappa shape index (κ1) is 31.0. The van der Waals surface area contributed by atoms with Gasteiger partial charge >= 0.3 is 0 Å². The molecule has 0 amide bonds. The Labute approximate surface area is 204 Å². The van der Waals surface area contributed by atoms with Crippen molar-refractivity contribution < 1.29 is 38.9 Å². The molecule has 0 aliphatic carbocycles. The summed E-state index contributed by atoms with van der Waals surface area (Å²) >= 11 is 0. The van der Waals surface area contributed by atoms with Crippen molar-refractivity contribution in [2.75, 3.05) is 0 Å². The standard InChI is InChI=1S/C22H38O9S3/c1-2-3-4-5-6-7-8-9-10-11-12-13-14-15-16-19-17-18-20(32(23,24)25)22(34(29,30)31)21(19)33(26,27)28/h17-18H,2-16H2,1H3,(H,23,24,25)(H,26,27,28)(H,29,30,31). The highest BCUT2D eigenvalue weighted by molar-refractivity contribution is 7.90. The molecule has 1 aromatic rings. The summed E-state index contributed by atoms with van der Waals surface area (Å²) in [5, 5.41) is 0. The van der Waals surface area contributed by atoms with Crippen molar-refractivity contribution in [2.24, 2.45) is 0 Å². The van der Waals surface area contributed by atoms with Crippen molar-refractivity contribution in [2.45, 2.75) is 118 Å². The van der Waals surface area contributed by atoms with E-state index >= 15 is 0 Å². The fourth-order valence-electron chi connectivity index (χ4n) is 4.02. The molecule has 0 bridgehead atoms. The van der Waals surface area contributed by atoms with Crippen LogP contribution >= 0.6 is 0 Å². The number of benzene rings is 1. The maximum Gasteiger partial charge on any atom is 0.297 e. The van der Waals surface area contributed by atoms with Crippen LogP contribution in [-0.2, 0) is 36.8 Å². The van der Waals surface area contributed by atoms with Crippen molar-refractivity contribution in [1.29, 1.82) is 0 Å². The number of rotatable bonds is 18. The second-order valence-electron chi connectivity index (χ2n) is 8.65. The molecule has 0 unspecified atom stereocenters. The summed E-state index contributed by atoms with van der Waals surface area (Å²) in [5.41, 5.74) is -0.151. The van der Waals surface area contributed by atoms with E-state index in [4.69, 9.17) is 0 Å². The molecule has 1 aromatic carbocycles. The number of hydrogen-bond donors (Lipinski definition) is 3. The SMILES string of the molecule is CCCCCCCCCCCCCCCCc1ccc(S(=O)(=O)O)c(S(=O)(=O)O)c1S(=O)(=O)O. The first-order chi connectivity index (χ1) is 15.8. The van der Waals surface area contributed by atoms with Crippen LogP contribution < -0.4 is 0 Å². The van der Waals surface area contributed by atoms with Gasteiger partial charge in [-0.3, -0.25) is 13.7 Å². The molecule has 0 aromatic heterocycles. The normalized spacial score (nSPS) is 12.8. The molecule has 0 aliphatic rings. The second-order valence-corrected chi connectivity index (χ2v) is 12.8. The van der Waals surface area contributed by atoms with Gasteiger partial charge in [0.05, 0.1) is 0 Å². The number of hydrogen-bond acceptors (Lipinski definition) is 6. The predicted molar refractivity (Wildman–Crippen MR) is 130 cm³/mol. The largest absolute Gasteiger partial charge is 0.297 e. The summed E-state index contributed by atoms with van der Waals surface area (Å²) in [5.74, 6) is 0. The Hall–Kier alpha value is -1.05. The van der Waals surface area contributed by atoms with Crippen molar-refractivity contribution in [1.82, 2.24) is 0 Å². The topological polar surface area (TPSA) is 163 Å². The molecular weight excluding hydrogens is 504 g/mol. The minimum atomic E-state index is -5.39. The van der Waals surface area contributed by atoms with E-state index in [1.807, 2.05) is 0 Å². The average molecular weight is 543 g/mol. The van der Waals surface area contributed by atoms with Gasteiger partial charge in [-0.2, -0.15) is 25.3 Å². The summed E-state index contributed by atoms with van der Waals surface area (Å²) in [6.07, 6.45) is 15.7. The van der Waals surface area contributed by atoms with Crippen LogP contribution in [0.3, 0.4) is 0 Å². The lowest BCUT2D eigenvalue weighted by Crippen LogP contribution is -2.16. The van der Waals surface area contributed by atoms with Crippen molar-refractivity contribution in [3.05, 3.63) is 17.7 Å². The zero-order chi connectivity index (χ0) is 25.8. The zero-order valence-electron chi connectivity index (χ0n) is 19.8. The molecule has 12 heteroatoms. The minimum Gasteiger partial charge on any atom is -0.282 e. The van der Waals surface area contributed by atoms with Crippen LogP contribution in [-0.4, -0.2) is 38.9 Å². The van der Waals surface area contributed by atoms with Crippen LogP contribution in [0.2, 0.25) is 0 Å². The molecule has 0 spiro atoms. The highest BCUT2D eigenvalue weighted by Gasteiger charge is 2.34. The van der Waals surface area contributed by atoms with E-state index in [1.165, 1.54) is 51.4 Å². The second kappa shape index (κ2) is 14.5. The quantitative estimate of drug-likeness (QED) is 0.162. The Balaban J connectivity index is 2.58. The van der Waals surface area contributed by atoms with Gasteiger partial charge in [-0.05, 0) is 24.5 Å². The molecule has 1 rings (SSSR count). The van der Waals surface area contributed by atoms with Gasteiger partial charge in [-0.25, -0.2) is 0 Å². The number of unbranched alkanes of at least 4 members (excludes halogenated alkanes) is 13. The molecule has 0 saturated heterocycles. The van der Waals surface area contributed by atoms with Crippen molar-refractivity contribution in [3.8, 4) is 0 Å². The smallest absolute Gasteiger partial charge is 0.282 e. The lowest BCUT2D eigenvalue weighted by Gasteiger charge is -2.14. The van der Waals surface area contributed by atoms with Crippen LogP contribution in [0.5, 0.6) is 0 Å². The third-order valence-corrected chi connectivity index (χ3v) is 8.83. The molecule has 0 fully saturated rings. The maximum absolute atomic E-state index is 11.9. The van der Waals surface area contributed by atoms with Gasteiger partial charge in [-0.1, -0.05) is 96.5 Å². The van der Waals surface area contributed by atoms with Gasteiger partial charge < -0.3 is 0 Å². The molecule has 9 nitrogen and oxygen atoms in total. The Morgan fingerprint density at radius 1 is 0.529 bits per heavy atom. The van der Waals surface area contributed by atoms with Crippen LogP contribution in [0, 0.1) is 0 Å². The summed E-state index contributed by atoms with van der Waals surface area (Å²) in [6, 6.07) is 1.72. The van der Waals surface area contributed by atoms with Crippen molar-refractivity contribution >= 4 is 30.4 Å². The lowest BCUT2D eigenvalue weighted by atomic mass is 10.0. The fourth-order valence-corrected chi connectivity index (χ4v) is 7.46. The predicted octanol–water partition coefficient (Wildman–Crippen LogP) is 5.45. The molecular formula is C22H38O9S3. The first-order valence-corrected chi connectivity index (χ1v) is 16.2. The van der Waals surface area contributed by atoms with E-state index in [9.17, 15) is 38.9 Å². The Morgan fingerprint density at radius 3 is 1.26 bits per heavy atom. The Kier molecular flexibility index (Phi) is 13.2. The molecule has 0 aliphatic heterocycles. The van der Waals surface area contributed by atoms with E-state index in [-0.39, 0.29) is 12.0 Å². The molecule has 0 radical (unpaired) electrons. The highest BCUT2D eigenvalue weighted by Crippen LogP contribution is 2.32. The summed E-state index contributed by atoms with van der Waals surface area (Å²) in [6.45, 7) is 2.21. The van der Waals surface area contributed by atoms with Gasteiger partial charge in [-0.15, -0.1) is 0 Å². The van der Waals surface area contributed by atoms with E-state index < -0.39 is 45.0 Å². The fraction of sp³-hybridized carbons (Fsp3) is 0.727. The number of aryl methyl sites for hydroxylation is 1. The molecule has 34 heavy (non-hydrogen) atoms. The van der Waals surface area contributed by atoms with Gasteiger partial charge in [0.1, 0.15) is 14.7 Å². The summed E-state index contributed by atoms with van der Waals surface area (Å²) < 4.78 is 98.3. The zero-order valence-corrected chi connectivity index (χ0v) is 22.2. The van der Waals surface area contributed by atoms with Crippen LogP contribution in [0.25, 0.3) is 0 Å². The van der Waals surface area contributed by atoms with Crippen LogP contribution in [0.4, 0.5) is 0 Å². The third-order valence-electron chi connectivity index (χ3n) is 5.75. The van der Waals surface area contributed by atoms with Gasteiger partial charge in [0.15, 0.2) is 0 Å². The summed E-state index contributed by atoms with van der Waals surface area (Å²) in [7, 11) is -15.8. The average Bonchev–Trinajstić information content (AvgIpc) is 2.71.